The van der Waals surface area contributed by atoms with Gasteiger partial charge in [0.05, 0.1) is 5.69 Å². The van der Waals surface area contributed by atoms with Gasteiger partial charge in [-0.1, -0.05) is 0 Å². The van der Waals surface area contributed by atoms with E-state index in [-0.39, 0.29) is 12.2 Å². The van der Waals surface area contributed by atoms with Crippen LogP contribution in [0.2, 0.25) is 0 Å². The van der Waals surface area contributed by atoms with Crippen LogP contribution in [0.15, 0.2) is 0 Å². The smallest absolute Gasteiger partial charge is 0.186 e. The summed E-state index contributed by atoms with van der Waals surface area (Å²) in [5.74, 6) is 0.697. The number of thiazole rings is 1. The van der Waals surface area contributed by atoms with Crippen LogP contribution in [-0.2, 0) is 16.0 Å². The van der Waals surface area contributed by atoms with Crippen molar-refractivity contribution in [2.75, 3.05) is 39.3 Å². The van der Waals surface area contributed by atoms with Gasteiger partial charge in [-0.2, -0.15) is 0 Å². The zero-order valence-electron chi connectivity index (χ0n) is 12.4. The molecule has 1 aromatic heterocycles. The fourth-order valence-corrected chi connectivity index (χ4v) is 3.98. The largest absolute Gasteiger partial charge is 0.377 e. The third kappa shape index (κ3) is 2.70. The Labute approximate surface area is 124 Å². The van der Waals surface area contributed by atoms with Crippen molar-refractivity contribution in [3.05, 3.63) is 10.6 Å². The van der Waals surface area contributed by atoms with E-state index in [9.17, 15) is 0 Å². The molecule has 112 valence electrons. The number of hydrogen-bond donors (Lipinski definition) is 1. The van der Waals surface area contributed by atoms with Crippen molar-refractivity contribution >= 4 is 16.5 Å². The Hall–Kier alpha value is -0.690. The van der Waals surface area contributed by atoms with E-state index in [1.54, 1.807) is 14.2 Å². The molecular formula is C14H23N3O2S. The highest BCUT2D eigenvalue weighted by Crippen LogP contribution is 2.44. The van der Waals surface area contributed by atoms with Crippen LogP contribution in [-0.4, -0.2) is 51.5 Å². The normalized spacial score (nSPS) is 26.4. The first kappa shape index (κ1) is 14.3. The lowest BCUT2D eigenvalue weighted by Gasteiger charge is -2.13. The summed E-state index contributed by atoms with van der Waals surface area (Å²) >= 11 is 1.82. The van der Waals surface area contributed by atoms with Gasteiger partial charge in [0.25, 0.3) is 0 Å². The second-order valence-corrected chi connectivity index (χ2v) is 6.62. The highest BCUT2D eigenvalue weighted by Gasteiger charge is 2.36. The molecule has 6 heteroatoms. The molecule has 3 rings (SSSR count). The summed E-state index contributed by atoms with van der Waals surface area (Å²) in [5.41, 5.74) is 1.31. The number of hydrogen-bond acceptors (Lipinski definition) is 6. The van der Waals surface area contributed by atoms with Crippen molar-refractivity contribution in [3.63, 3.8) is 0 Å². The standard InChI is InChI=1S/C14H23N3O2S/c1-15-6-12-13(9-4-5-9)16-14(20-12)17-7-10(18-2)11(8-17)19-3/h9-11,15H,4-8H2,1-3H3. The van der Waals surface area contributed by atoms with E-state index in [0.29, 0.717) is 5.92 Å². The number of ether oxygens (including phenoxy) is 2. The molecular weight excluding hydrogens is 274 g/mol. The van der Waals surface area contributed by atoms with Crippen LogP contribution in [0.5, 0.6) is 0 Å². The number of anilines is 1. The molecule has 1 aliphatic carbocycles. The Balaban J connectivity index is 1.78. The summed E-state index contributed by atoms with van der Waals surface area (Å²) in [7, 11) is 5.50. The molecule has 0 aromatic carbocycles. The predicted molar refractivity (Wildman–Crippen MR) is 80.7 cm³/mol. The van der Waals surface area contributed by atoms with Crippen LogP contribution in [0.1, 0.15) is 29.3 Å². The molecule has 2 fully saturated rings. The zero-order chi connectivity index (χ0) is 14.1. The van der Waals surface area contributed by atoms with E-state index >= 15 is 0 Å². The third-order valence-electron chi connectivity index (χ3n) is 4.11. The predicted octanol–water partition coefficient (Wildman–Crippen LogP) is 1.59. The maximum Gasteiger partial charge on any atom is 0.186 e. The van der Waals surface area contributed by atoms with E-state index < -0.39 is 0 Å². The van der Waals surface area contributed by atoms with Gasteiger partial charge < -0.3 is 19.7 Å². The fraction of sp³-hybridized carbons (Fsp3) is 0.786. The van der Waals surface area contributed by atoms with Crippen LogP contribution < -0.4 is 10.2 Å². The Morgan fingerprint density at radius 1 is 1.25 bits per heavy atom. The van der Waals surface area contributed by atoms with Gasteiger partial charge in [-0.25, -0.2) is 4.98 Å². The van der Waals surface area contributed by atoms with Crippen molar-refractivity contribution in [3.8, 4) is 0 Å². The summed E-state index contributed by atoms with van der Waals surface area (Å²) in [4.78, 5) is 8.60. The highest BCUT2D eigenvalue weighted by atomic mass is 32.1. The average molecular weight is 297 g/mol. The second kappa shape index (κ2) is 5.97. The molecule has 0 spiro atoms. The fourth-order valence-electron chi connectivity index (χ4n) is 2.80. The van der Waals surface area contributed by atoms with Crippen molar-refractivity contribution in [1.29, 1.82) is 0 Å². The van der Waals surface area contributed by atoms with Crippen LogP contribution in [0.3, 0.4) is 0 Å². The molecule has 2 unspecified atom stereocenters. The molecule has 1 aromatic rings. The first-order valence-corrected chi connectivity index (χ1v) is 8.03. The van der Waals surface area contributed by atoms with Gasteiger partial charge in [0, 0.05) is 44.6 Å². The molecule has 1 saturated heterocycles. The van der Waals surface area contributed by atoms with Crippen molar-refractivity contribution in [2.45, 2.75) is 37.5 Å². The highest BCUT2D eigenvalue weighted by molar-refractivity contribution is 7.15. The molecule has 1 saturated carbocycles. The number of nitrogens with zero attached hydrogens (tertiary/aromatic N) is 2. The lowest BCUT2D eigenvalue weighted by atomic mass is 10.2. The molecule has 0 radical (unpaired) electrons. The zero-order valence-corrected chi connectivity index (χ0v) is 13.2. The van der Waals surface area contributed by atoms with Crippen molar-refractivity contribution in [1.82, 2.24) is 10.3 Å². The van der Waals surface area contributed by atoms with E-state index in [4.69, 9.17) is 14.5 Å². The molecule has 0 bridgehead atoms. The van der Waals surface area contributed by atoms with Crippen LogP contribution in [0.4, 0.5) is 5.13 Å². The molecule has 2 heterocycles. The van der Waals surface area contributed by atoms with Gasteiger partial charge in [-0.3, -0.25) is 0 Å². The van der Waals surface area contributed by atoms with Gasteiger partial charge in [0.2, 0.25) is 0 Å². The second-order valence-electron chi connectivity index (χ2n) is 5.56. The van der Waals surface area contributed by atoms with Crippen molar-refractivity contribution in [2.24, 2.45) is 0 Å². The Morgan fingerprint density at radius 3 is 2.40 bits per heavy atom. The lowest BCUT2D eigenvalue weighted by molar-refractivity contribution is -0.00461. The van der Waals surface area contributed by atoms with Crippen LogP contribution >= 0.6 is 11.3 Å². The molecule has 2 aliphatic rings. The summed E-state index contributed by atoms with van der Waals surface area (Å²) in [6.07, 6.45) is 2.87. The third-order valence-corrected chi connectivity index (χ3v) is 5.24. The number of aromatic nitrogens is 1. The summed E-state index contributed by atoms with van der Waals surface area (Å²) in [6.45, 7) is 2.65. The van der Waals surface area contributed by atoms with E-state index in [1.165, 1.54) is 23.4 Å². The first-order valence-electron chi connectivity index (χ1n) is 7.21. The Morgan fingerprint density at radius 2 is 1.90 bits per heavy atom. The summed E-state index contributed by atoms with van der Waals surface area (Å²) < 4.78 is 11.0. The van der Waals surface area contributed by atoms with Gasteiger partial charge in [-0.05, 0) is 19.9 Å². The summed E-state index contributed by atoms with van der Waals surface area (Å²) in [6, 6.07) is 0. The summed E-state index contributed by atoms with van der Waals surface area (Å²) in [5, 5.41) is 4.38. The monoisotopic (exact) mass is 297 g/mol. The number of methoxy groups -OCH3 is 2. The Bertz CT molecular complexity index is 449. The van der Waals surface area contributed by atoms with E-state index in [2.05, 4.69) is 10.2 Å². The van der Waals surface area contributed by atoms with Crippen LogP contribution in [0, 0.1) is 0 Å². The molecule has 20 heavy (non-hydrogen) atoms. The minimum Gasteiger partial charge on any atom is -0.377 e. The maximum atomic E-state index is 5.51. The van der Waals surface area contributed by atoms with Gasteiger partial charge >= 0.3 is 0 Å². The molecule has 1 N–H and O–H groups in total. The van der Waals surface area contributed by atoms with Crippen LogP contribution in [0.25, 0.3) is 0 Å². The average Bonchev–Trinajstić information content (AvgIpc) is 3.08. The molecule has 0 amide bonds. The number of nitrogens with one attached hydrogen (secondary N) is 1. The van der Waals surface area contributed by atoms with Gasteiger partial charge in [0.1, 0.15) is 12.2 Å². The maximum absolute atomic E-state index is 5.51. The Kier molecular flexibility index (Phi) is 4.26. The minimum absolute atomic E-state index is 0.140. The van der Waals surface area contributed by atoms with E-state index in [0.717, 1.165) is 24.8 Å². The lowest BCUT2D eigenvalue weighted by Crippen LogP contribution is -2.27. The molecule has 2 atom stereocenters. The topological polar surface area (TPSA) is 46.6 Å². The van der Waals surface area contributed by atoms with Crippen molar-refractivity contribution < 1.29 is 9.47 Å². The SMILES string of the molecule is CNCc1sc(N2CC(OC)C(OC)C2)nc1C1CC1. The first-order chi connectivity index (χ1) is 9.76. The van der Waals surface area contributed by atoms with E-state index in [1.807, 2.05) is 18.4 Å². The van der Waals surface area contributed by atoms with Gasteiger partial charge in [-0.15, -0.1) is 11.3 Å². The van der Waals surface area contributed by atoms with Gasteiger partial charge in [0.15, 0.2) is 5.13 Å². The molecule has 5 nitrogen and oxygen atoms in total. The molecule has 1 aliphatic heterocycles. The quantitative estimate of drug-likeness (QED) is 0.864. The minimum atomic E-state index is 0.140. The number of rotatable bonds is 6.